The quantitative estimate of drug-likeness (QED) is 0.433. The number of anilines is 1. The molecule has 0 bridgehead atoms. The predicted molar refractivity (Wildman–Crippen MR) is 74.6 cm³/mol. The average Bonchev–Trinajstić information content (AvgIpc) is 3.26. The number of nitrogens with zero attached hydrogens (tertiary/aromatic N) is 3. The van der Waals surface area contributed by atoms with Gasteiger partial charge in [0.1, 0.15) is 11.6 Å². The Morgan fingerprint density at radius 2 is 2.30 bits per heavy atom. The van der Waals surface area contributed by atoms with E-state index in [1.807, 2.05) is 18.0 Å². The zero-order valence-electron chi connectivity index (χ0n) is 11.4. The van der Waals surface area contributed by atoms with E-state index in [1.165, 1.54) is 18.9 Å². The van der Waals surface area contributed by atoms with Crippen molar-refractivity contribution in [3.8, 4) is 6.07 Å². The standard InChI is InChI=1S/C14H17N3O3/c1-16(6-7-20-10-11-2-3-11)13-4-5-14(17(18)19)12(8-13)9-15/h4-5,8,11H,2-3,6-7,10H2,1H3. The molecule has 1 aromatic carbocycles. The molecule has 0 spiro atoms. The first-order chi connectivity index (χ1) is 9.61. The molecule has 20 heavy (non-hydrogen) atoms. The first kappa shape index (κ1) is 14.3. The molecule has 1 aliphatic rings. The Bertz CT molecular complexity index is 535. The van der Waals surface area contributed by atoms with E-state index in [0.29, 0.717) is 13.2 Å². The summed E-state index contributed by atoms with van der Waals surface area (Å²) in [6.45, 7) is 2.12. The summed E-state index contributed by atoms with van der Waals surface area (Å²) in [5, 5.41) is 19.7. The summed E-state index contributed by atoms with van der Waals surface area (Å²) >= 11 is 0. The summed E-state index contributed by atoms with van der Waals surface area (Å²) in [7, 11) is 1.88. The van der Waals surface area contributed by atoms with Gasteiger partial charge in [-0.2, -0.15) is 5.26 Å². The minimum absolute atomic E-state index is 0.0817. The molecule has 1 aromatic rings. The lowest BCUT2D eigenvalue weighted by atomic mass is 10.1. The van der Waals surface area contributed by atoms with Crippen molar-refractivity contribution in [1.82, 2.24) is 0 Å². The van der Waals surface area contributed by atoms with E-state index in [0.717, 1.165) is 18.2 Å². The van der Waals surface area contributed by atoms with Gasteiger partial charge >= 0.3 is 0 Å². The molecular formula is C14H17N3O3. The van der Waals surface area contributed by atoms with Crippen LogP contribution in [0.5, 0.6) is 0 Å². The second-order valence-corrected chi connectivity index (χ2v) is 5.01. The molecule has 0 unspecified atom stereocenters. The van der Waals surface area contributed by atoms with E-state index in [2.05, 4.69) is 0 Å². The molecule has 0 radical (unpaired) electrons. The number of likely N-dealkylation sites (N-methyl/N-ethyl adjacent to an activating group) is 1. The van der Waals surface area contributed by atoms with Crippen LogP contribution in [0.15, 0.2) is 18.2 Å². The number of hydrogen-bond acceptors (Lipinski definition) is 5. The molecule has 6 heteroatoms. The summed E-state index contributed by atoms with van der Waals surface area (Å²) in [6.07, 6.45) is 2.54. The fraction of sp³-hybridized carbons (Fsp3) is 0.500. The van der Waals surface area contributed by atoms with Crippen molar-refractivity contribution in [3.63, 3.8) is 0 Å². The van der Waals surface area contributed by atoms with E-state index in [1.54, 1.807) is 12.1 Å². The SMILES string of the molecule is CN(CCOCC1CC1)c1ccc([N+](=O)[O-])c(C#N)c1. The number of rotatable bonds is 7. The van der Waals surface area contributed by atoms with Gasteiger partial charge in [0.15, 0.2) is 0 Å². The number of nitro groups is 1. The van der Waals surface area contributed by atoms with Crippen LogP contribution in [0.1, 0.15) is 18.4 Å². The van der Waals surface area contributed by atoms with Crippen LogP contribution in [-0.4, -0.2) is 31.7 Å². The average molecular weight is 275 g/mol. The third-order valence-electron chi connectivity index (χ3n) is 3.36. The molecule has 0 amide bonds. The summed E-state index contributed by atoms with van der Waals surface area (Å²) in [4.78, 5) is 12.2. The van der Waals surface area contributed by atoms with Gasteiger partial charge in [0.25, 0.3) is 5.69 Å². The molecule has 1 fully saturated rings. The van der Waals surface area contributed by atoms with Gasteiger partial charge in [0.05, 0.1) is 11.5 Å². The Morgan fingerprint density at radius 3 is 2.90 bits per heavy atom. The third kappa shape index (κ3) is 3.68. The smallest absolute Gasteiger partial charge is 0.287 e. The normalized spacial score (nSPS) is 13.8. The van der Waals surface area contributed by atoms with Crippen LogP contribution >= 0.6 is 0 Å². The molecule has 1 aliphatic carbocycles. The lowest BCUT2D eigenvalue weighted by Gasteiger charge is -2.19. The van der Waals surface area contributed by atoms with Crippen LogP contribution in [0.2, 0.25) is 0 Å². The Balaban J connectivity index is 1.93. The number of benzene rings is 1. The van der Waals surface area contributed by atoms with Gasteiger partial charge in [-0.1, -0.05) is 0 Å². The molecule has 0 aromatic heterocycles. The molecule has 1 saturated carbocycles. The minimum Gasteiger partial charge on any atom is -0.379 e. The first-order valence-corrected chi connectivity index (χ1v) is 6.59. The maximum atomic E-state index is 10.8. The fourth-order valence-corrected chi connectivity index (χ4v) is 1.88. The van der Waals surface area contributed by atoms with Crippen molar-refractivity contribution >= 4 is 11.4 Å². The Labute approximate surface area is 117 Å². The molecule has 2 rings (SSSR count). The van der Waals surface area contributed by atoms with Gasteiger partial charge in [-0.25, -0.2) is 0 Å². The fourth-order valence-electron chi connectivity index (χ4n) is 1.88. The largest absolute Gasteiger partial charge is 0.379 e. The molecular weight excluding hydrogens is 258 g/mol. The monoisotopic (exact) mass is 275 g/mol. The number of nitriles is 1. The predicted octanol–water partition coefficient (Wildman–Crippen LogP) is 2.33. The van der Waals surface area contributed by atoms with E-state index in [9.17, 15) is 10.1 Å². The second-order valence-electron chi connectivity index (χ2n) is 5.01. The molecule has 106 valence electrons. The van der Waals surface area contributed by atoms with E-state index in [-0.39, 0.29) is 11.3 Å². The second kappa shape index (κ2) is 6.35. The summed E-state index contributed by atoms with van der Waals surface area (Å²) in [5.74, 6) is 0.741. The molecule has 0 N–H and O–H groups in total. The van der Waals surface area contributed by atoms with Crippen LogP contribution < -0.4 is 4.90 Å². The van der Waals surface area contributed by atoms with Gasteiger partial charge in [-0.3, -0.25) is 10.1 Å². The van der Waals surface area contributed by atoms with Gasteiger partial charge in [-0.15, -0.1) is 0 Å². The zero-order chi connectivity index (χ0) is 14.5. The van der Waals surface area contributed by atoms with Gasteiger partial charge in [0, 0.05) is 32.0 Å². The number of nitro benzene ring substituents is 1. The van der Waals surface area contributed by atoms with E-state index in [4.69, 9.17) is 10.00 Å². The highest BCUT2D eigenvalue weighted by Gasteiger charge is 2.21. The Hall–Kier alpha value is -2.13. The topological polar surface area (TPSA) is 79.4 Å². The van der Waals surface area contributed by atoms with Gasteiger partial charge in [0.2, 0.25) is 0 Å². The van der Waals surface area contributed by atoms with Crippen LogP contribution in [0.3, 0.4) is 0 Å². The Morgan fingerprint density at radius 1 is 1.55 bits per heavy atom. The zero-order valence-corrected chi connectivity index (χ0v) is 11.4. The maximum Gasteiger partial charge on any atom is 0.287 e. The lowest BCUT2D eigenvalue weighted by Crippen LogP contribution is -2.23. The number of hydrogen-bond donors (Lipinski definition) is 0. The van der Waals surface area contributed by atoms with E-state index < -0.39 is 4.92 Å². The van der Waals surface area contributed by atoms with Crippen molar-refractivity contribution in [2.75, 3.05) is 31.7 Å². The van der Waals surface area contributed by atoms with Gasteiger partial charge < -0.3 is 9.64 Å². The van der Waals surface area contributed by atoms with Crippen LogP contribution in [0.25, 0.3) is 0 Å². The third-order valence-corrected chi connectivity index (χ3v) is 3.36. The summed E-state index contributed by atoms with van der Waals surface area (Å²) in [5.41, 5.74) is 0.704. The highest BCUT2D eigenvalue weighted by Crippen LogP contribution is 2.28. The highest BCUT2D eigenvalue weighted by molar-refractivity contribution is 5.59. The van der Waals surface area contributed by atoms with Crippen molar-refractivity contribution in [3.05, 3.63) is 33.9 Å². The molecule has 0 atom stereocenters. The van der Waals surface area contributed by atoms with Crippen LogP contribution in [0.4, 0.5) is 11.4 Å². The highest BCUT2D eigenvalue weighted by atomic mass is 16.6. The van der Waals surface area contributed by atoms with Crippen molar-refractivity contribution in [2.24, 2.45) is 5.92 Å². The summed E-state index contributed by atoms with van der Waals surface area (Å²) < 4.78 is 5.55. The minimum atomic E-state index is -0.541. The Kier molecular flexibility index (Phi) is 4.53. The summed E-state index contributed by atoms with van der Waals surface area (Å²) in [6, 6.07) is 6.43. The van der Waals surface area contributed by atoms with E-state index >= 15 is 0 Å². The van der Waals surface area contributed by atoms with Crippen molar-refractivity contribution < 1.29 is 9.66 Å². The maximum absolute atomic E-state index is 10.8. The molecule has 0 aliphatic heterocycles. The number of ether oxygens (including phenoxy) is 1. The van der Waals surface area contributed by atoms with Crippen molar-refractivity contribution in [1.29, 1.82) is 5.26 Å². The van der Waals surface area contributed by atoms with Gasteiger partial charge in [-0.05, 0) is 30.9 Å². The lowest BCUT2D eigenvalue weighted by molar-refractivity contribution is -0.385. The van der Waals surface area contributed by atoms with Crippen molar-refractivity contribution in [2.45, 2.75) is 12.8 Å². The first-order valence-electron chi connectivity index (χ1n) is 6.59. The molecule has 0 saturated heterocycles. The molecule has 0 heterocycles. The molecule has 6 nitrogen and oxygen atoms in total. The van der Waals surface area contributed by atoms with Crippen LogP contribution in [0, 0.1) is 27.4 Å². The van der Waals surface area contributed by atoms with Crippen LogP contribution in [-0.2, 0) is 4.74 Å².